The lowest BCUT2D eigenvalue weighted by Gasteiger charge is -2.32. The highest BCUT2D eigenvalue weighted by molar-refractivity contribution is 6.03. The van der Waals surface area contributed by atoms with E-state index in [1.807, 2.05) is 36.7 Å². The molecule has 0 saturated heterocycles. The highest BCUT2D eigenvalue weighted by Crippen LogP contribution is 2.33. The second kappa shape index (κ2) is 7.59. The Hall–Kier alpha value is -2.83. The van der Waals surface area contributed by atoms with Gasteiger partial charge in [-0.1, -0.05) is 12.1 Å². The Morgan fingerprint density at radius 3 is 2.81 bits per heavy atom. The Bertz CT molecular complexity index is 815. The molecule has 0 spiro atoms. The van der Waals surface area contributed by atoms with E-state index in [9.17, 15) is 9.59 Å². The van der Waals surface area contributed by atoms with Gasteiger partial charge in [0.1, 0.15) is 12.3 Å². The lowest BCUT2D eigenvalue weighted by atomic mass is 10.2. The number of aryl methyl sites for hydroxylation is 3. The minimum Gasteiger partial charge on any atom is -0.479 e. The van der Waals surface area contributed by atoms with Crippen LogP contribution in [0.4, 0.5) is 5.69 Å². The van der Waals surface area contributed by atoms with E-state index in [0.29, 0.717) is 18.0 Å². The molecule has 0 aliphatic carbocycles. The van der Waals surface area contributed by atoms with Crippen molar-refractivity contribution in [3.8, 4) is 5.75 Å². The molecular formula is C19H24N4O3. The van der Waals surface area contributed by atoms with E-state index in [-0.39, 0.29) is 18.4 Å². The summed E-state index contributed by atoms with van der Waals surface area (Å²) < 4.78 is 7.52. The van der Waals surface area contributed by atoms with Crippen molar-refractivity contribution in [3.63, 3.8) is 0 Å². The molecule has 0 fully saturated rings. The lowest BCUT2D eigenvalue weighted by Crippen LogP contribution is -2.48. The van der Waals surface area contributed by atoms with Gasteiger partial charge in [0.2, 0.25) is 5.91 Å². The predicted octanol–water partition coefficient (Wildman–Crippen LogP) is 1.82. The number of hydrogen-bond acceptors (Lipinski definition) is 4. The number of aromatic nitrogens is 2. The number of rotatable bonds is 6. The summed E-state index contributed by atoms with van der Waals surface area (Å²) in [7, 11) is 0. The predicted molar refractivity (Wildman–Crippen MR) is 98.2 cm³/mol. The average Bonchev–Trinajstić information content (AvgIpc) is 2.93. The number of ether oxygens (including phenoxy) is 1. The zero-order valence-corrected chi connectivity index (χ0v) is 15.4. The van der Waals surface area contributed by atoms with Crippen LogP contribution in [0, 0.1) is 13.8 Å². The second-order valence-corrected chi connectivity index (χ2v) is 6.51. The van der Waals surface area contributed by atoms with Gasteiger partial charge in [0.15, 0.2) is 6.10 Å². The van der Waals surface area contributed by atoms with Crippen molar-refractivity contribution in [2.75, 3.05) is 18.0 Å². The van der Waals surface area contributed by atoms with E-state index in [4.69, 9.17) is 4.74 Å². The van der Waals surface area contributed by atoms with Crippen molar-refractivity contribution in [1.29, 1.82) is 0 Å². The second-order valence-electron chi connectivity index (χ2n) is 6.51. The van der Waals surface area contributed by atoms with Crippen LogP contribution in [0.25, 0.3) is 0 Å². The Morgan fingerprint density at radius 2 is 2.08 bits per heavy atom. The largest absolute Gasteiger partial charge is 0.479 e. The van der Waals surface area contributed by atoms with Crippen LogP contribution < -0.4 is 15.0 Å². The van der Waals surface area contributed by atoms with Crippen LogP contribution in [0.5, 0.6) is 5.75 Å². The van der Waals surface area contributed by atoms with Crippen LogP contribution in [-0.4, -0.2) is 40.8 Å². The van der Waals surface area contributed by atoms with Gasteiger partial charge in [-0.05, 0) is 45.4 Å². The molecule has 1 aliphatic heterocycles. The maximum Gasteiger partial charge on any atom is 0.268 e. The first-order valence-electron chi connectivity index (χ1n) is 8.80. The smallest absolute Gasteiger partial charge is 0.268 e. The van der Waals surface area contributed by atoms with Crippen molar-refractivity contribution in [1.82, 2.24) is 15.1 Å². The molecule has 138 valence electrons. The zero-order chi connectivity index (χ0) is 18.7. The number of para-hydroxylation sites is 2. The van der Waals surface area contributed by atoms with E-state index in [1.165, 1.54) is 4.90 Å². The van der Waals surface area contributed by atoms with Crippen molar-refractivity contribution < 1.29 is 14.3 Å². The molecule has 1 aliphatic rings. The summed E-state index contributed by atoms with van der Waals surface area (Å²) in [4.78, 5) is 26.2. The van der Waals surface area contributed by atoms with Crippen LogP contribution in [0.15, 0.2) is 30.3 Å². The van der Waals surface area contributed by atoms with Gasteiger partial charge in [0.05, 0.1) is 11.4 Å². The summed E-state index contributed by atoms with van der Waals surface area (Å²) in [5.41, 5.74) is 2.73. The molecule has 0 saturated carbocycles. The molecule has 26 heavy (non-hydrogen) atoms. The minimum absolute atomic E-state index is 0.0105. The number of benzene rings is 1. The number of nitrogens with one attached hydrogen (secondary N) is 1. The number of anilines is 1. The van der Waals surface area contributed by atoms with Gasteiger partial charge < -0.3 is 10.1 Å². The molecular weight excluding hydrogens is 332 g/mol. The normalized spacial score (nSPS) is 16.2. The molecule has 0 bridgehead atoms. The Balaban J connectivity index is 1.53. The molecule has 1 aromatic heterocycles. The molecule has 0 radical (unpaired) electrons. The van der Waals surface area contributed by atoms with Crippen molar-refractivity contribution in [2.24, 2.45) is 0 Å². The number of nitrogens with zero attached hydrogens (tertiary/aromatic N) is 3. The number of carbonyl (C=O) groups is 2. The third-order valence-corrected chi connectivity index (χ3v) is 4.35. The lowest BCUT2D eigenvalue weighted by molar-refractivity contribution is -0.128. The number of hydrogen-bond donors (Lipinski definition) is 1. The maximum absolute atomic E-state index is 12.4. The van der Waals surface area contributed by atoms with E-state index in [2.05, 4.69) is 10.4 Å². The topological polar surface area (TPSA) is 76.5 Å². The fourth-order valence-corrected chi connectivity index (χ4v) is 3.08. The van der Waals surface area contributed by atoms with E-state index < -0.39 is 6.10 Å². The van der Waals surface area contributed by atoms with E-state index >= 15 is 0 Å². The molecule has 7 heteroatoms. The van der Waals surface area contributed by atoms with Gasteiger partial charge in [-0.3, -0.25) is 19.2 Å². The summed E-state index contributed by atoms with van der Waals surface area (Å²) in [5, 5.41) is 7.28. The Kier molecular flexibility index (Phi) is 5.25. The van der Waals surface area contributed by atoms with Crippen LogP contribution >= 0.6 is 0 Å². The average molecular weight is 356 g/mol. The molecule has 3 rings (SSSR count). The van der Waals surface area contributed by atoms with Gasteiger partial charge >= 0.3 is 0 Å². The fourth-order valence-electron chi connectivity index (χ4n) is 3.08. The number of carbonyl (C=O) groups excluding carboxylic acids is 2. The van der Waals surface area contributed by atoms with E-state index in [1.54, 1.807) is 19.1 Å². The third-order valence-electron chi connectivity index (χ3n) is 4.35. The minimum atomic E-state index is -0.594. The van der Waals surface area contributed by atoms with Crippen molar-refractivity contribution in [3.05, 3.63) is 41.7 Å². The van der Waals surface area contributed by atoms with E-state index in [0.717, 1.165) is 24.4 Å². The van der Waals surface area contributed by atoms with Crippen LogP contribution in [0.2, 0.25) is 0 Å². The molecule has 7 nitrogen and oxygen atoms in total. The van der Waals surface area contributed by atoms with Gasteiger partial charge in [-0.15, -0.1) is 0 Å². The number of fused-ring (bicyclic) bond motifs is 1. The monoisotopic (exact) mass is 356 g/mol. The summed E-state index contributed by atoms with van der Waals surface area (Å²) in [6, 6.07) is 9.29. The summed E-state index contributed by atoms with van der Waals surface area (Å²) in [6.45, 7) is 6.94. The third kappa shape index (κ3) is 3.87. The molecule has 1 atom stereocenters. The van der Waals surface area contributed by atoms with Crippen molar-refractivity contribution >= 4 is 17.5 Å². The summed E-state index contributed by atoms with van der Waals surface area (Å²) >= 11 is 0. The summed E-state index contributed by atoms with van der Waals surface area (Å²) in [6.07, 6.45) is 0.182. The van der Waals surface area contributed by atoms with Crippen LogP contribution in [0.3, 0.4) is 0 Å². The molecule has 1 aromatic carbocycles. The molecule has 2 amide bonds. The first-order chi connectivity index (χ1) is 12.5. The zero-order valence-electron chi connectivity index (χ0n) is 15.4. The van der Waals surface area contributed by atoms with Gasteiger partial charge in [0.25, 0.3) is 5.91 Å². The van der Waals surface area contributed by atoms with Crippen molar-refractivity contribution in [2.45, 2.75) is 39.8 Å². The summed E-state index contributed by atoms with van der Waals surface area (Å²) in [5.74, 6) is 0.231. The van der Waals surface area contributed by atoms with Gasteiger partial charge in [0, 0.05) is 18.8 Å². The van der Waals surface area contributed by atoms with Crippen LogP contribution in [0.1, 0.15) is 24.7 Å². The SMILES string of the molecule is Cc1cc(C)n(CCCNC(=O)CN2C(=O)C(C)Oc3ccccc32)n1. The first-order valence-corrected chi connectivity index (χ1v) is 8.80. The van der Waals surface area contributed by atoms with Gasteiger partial charge in [-0.25, -0.2) is 0 Å². The highest BCUT2D eigenvalue weighted by Gasteiger charge is 2.32. The highest BCUT2D eigenvalue weighted by atomic mass is 16.5. The van der Waals surface area contributed by atoms with Crippen LogP contribution in [-0.2, 0) is 16.1 Å². The molecule has 2 heterocycles. The Morgan fingerprint density at radius 1 is 1.31 bits per heavy atom. The fraction of sp³-hybridized carbons (Fsp3) is 0.421. The Labute approximate surface area is 152 Å². The standard InChI is InChI=1S/C19H24N4O3/c1-13-11-14(2)23(21-13)10-6-9-20-18(24)12-22-16-7-4-5-8-17(16)26-15(3)19(22)25/h4-5,7-8,11,15H,6,9-10,12H2,1-3H3,(H,20,24). The molecule has 1 N–H and O–H groups in total. The molecule has 2 aromatic rings. The first kappa shape index (κ1) is 18.0. The number of amides is 2. The van der Waals surface area contributed by atoms with Gasteiger partial charge in [-0.2, -0.15) is 5.10 Å². The quantitative estimate of drug-likeness (QED) is 0.801. The maximum atomic E-state index is 12.4. The molecule has 1 unspecified atom stereocenters.